The van der Waals surface area contributed by atoms with Gasteiger partial charge in [0.25, 0.3) is 0 Å². The Hall–Kier alpha value is -1.41. The van der Waals surface area contributed by atoms with Crippen molar-refractivity contribution in [1.29, 1.82) is 0 Å². The van der Waals surface area contributed by atoms with E-state index in [2.05, 4.69) is 31.3 Å². The fourth-order valence-corrected chi connectivity index (χ4v) is 6.84. The summed E-state index contributed by atoms with van der Waals surface area (Å²) in [6.07, 6.45) is 23.9. The van der Waals surface area contributed by atoms with Crippen LogP contribution < -0.4 is 5.32 Å². The van der Waals surface area contributed by atoms with E-state index in [4.69, 9.17) is 9.47 Å². The van der Waals surface area contributed by atoms with Gasteiger partial charge in [0.1, 0.15) is 36.6 Å². The molecule has 9 atom stereocenters. The van der Waals surface area contributed by atoms with E-state index < -0.39 is 74.2 Å². The molecule has 0 aromatic carbocycles. The molecule has 0 spiro atoms. The second kappa shape index (κ2) is 33.7. The van der Waals surface area contributed by atoms with Gasteiger partial charge in [-0.3, -0.25) is 4.79 Å². The number of hydrogen-bond donors (Lipinski definition) is 8. The maximum absolute atomic E-state index is 13.0. The molecule has 1 aliphatic rings. The van der Waals surface area contributed by atoms with Crippen LogP contribution in [0.15, 0.2) is 24.3 Å². The van der Waals surface area contributed by atoms with Crippen molar-refractivity contribution in [3.63, 3.8) is 0 Å². The summed E-state index contributed by atoms with van der Waals surface area (Å²) in [5.74, 6) is -0.765. The van der Waals surface area contributed by atoms with Gasteiger partial charge in [-0.25, -0.2) is 0 Å². The van der Waals surface area contributed by atoms with Crippen molar-refractivity contribution in [3.05, 3.63) is 24.3 Å². The molecule has 0 bridgehead atoms. The van der Waals surface area contributed by atoms with Crippen molar-refractivity contribution < 1.29 is 50.0 Å². The first-order chi connectivity index (χ1) is 26.2. The molecule has 0 aromatic rings. The van der Waals surface area contributed by atoms with Crippen molar-refractivity contribution in [2.75, 3.05) is 13.2 Å². The molecule has 1 aliphatic heterocycles. The summed E-state index contributed by atoms with van der Waals surface area (Å²) in [5.41, 5.74) is 0. The average molecular weight is 772 g/mol. The number of rotatable bonds is 35. The lowest BCUT2D eigenvalue weighted by Gasteiger charge is -2.40. The first-order valence-corrected chi connectivity index (χ1v) is 21.7. The molecule has 9 unspecified atom stereocenters. The highest BCUT2D eigenvalue weighted by atomic mass is 16.7. The Morgan fingerprint density at radius 3 is 1.70 bits per heavy atom. The highest BCUT2D eigenvalue weighted by Gasteiger charge is 2.44. The van der Waals surface area contributed by atoms with Crippen LogP contribution in [-0.4, -0.2) is 110 Å². The van der Waals surface area contributed by atoms with E-state index >= 15 is 0 Å². The van der Waals surface area contributed by atoms with Crippen LogP contribution in [-0.2, 0) is 14.3 Å². The Labute approximate surface area is 327 Å². The molecule has 11 nitrogen and oxygen atoms in total. The molecule has 1 amide bonds. The predicted octanol–water partition coefficient (Wildman–Crippen LogP) is 6.28. The topological polar surface area (TPSA) is 189 Å². The van der Waals surface area contributed by atoms with Crippen molar-refractivity contribution in [2.45, 2.75) is 229 Å². The third-order valence-corrected chi connectivity index (χ3v) is 10.5. The minimum Gasteiger partial charge on any atom is -0.394 e. The van der Waals surface area contributed by atoms with Gasteiger partial charge < -0.3 is 50.5 Å². The van der Waals surface area contributed by atoms with E-state index in [0.29, 0.717) is 19.3 Å². The number of ether oxygens (including phenoxy) is 2. The van der Waals surface area contributed by atoms with E-state index in [1.54, 1.807) is 6.08 Å². The molecule has 11 heteroatoms. The molecular weight excluding hydrogens is 690 g/mol. The summed E-state index contributed by atoms with van der Waals surface area (Å²) in [6, 6.07) is -1.19. The molecule has 318 valence electrons. The molecule has 1 saturated heterocycles. The van der Waals surface area contributed by atoms with Gasteiger partial charge in [-0.05, 0) is 25.7 Å². The Morgan fingerprint density at radius 1 is 0.667 bits per heavy atom. The number of hydrogen-bond acceptors (Lipinski definition) is 10. The van der Waals surface area contributed by atoms with E-state index in [0.717, 1.165) is 25.7 Å². The van der Waals surface area contributed by atoms with Crippen LogP contribution >= 0.6 is 0 Å². The lowest BCUT2D eigenvalue weighted by Crippen LogP contribution is -2.60. The third kappa shape index (κ3) is 23.6. The zero-order valence-electron chi connectivity index (χ0n) is 34.0. The number of allylic oxidation sites excluding steroid dienone is 3. The third-order valence-electron chi connectivity index (χ3n) is 10.5. The summed E-state index contributed by atoms with van der Waals surface area (Å²) >= 11 is 0. The number of amides is 1. The molecule has 1 fully saturated rings. The van der Waals surface area contributed by atoms with Crippen molar-refractivity contribution in [3.8, 4) is 0 Å². The smallest absolute Gasteiger partial charge is 0.249 e. The van der Waals surface area contributed by atoms with Gasteiger partial charge in [0.2, 0.25) is 5.91 Å². The van der Waals surface area contributed by atoms with Gasteiger partial charge in [-0.15, -0.1) is 0 Å². The van der Waals surface area contributed by atoms with E-state index in [9.17, 15) is 40.5 Å². The summed E-state index contributed by atoms with van der Waals surface area (Å²) in [5, 5.41) is 75.3. The van der Waals surface area contributed by atoms with Gasteiger partial charge in [0.05, 0.1) is 25.4 Å². The van der Waals surface area contributed by atoms with E-state index in [1.807, 2.05) is 6.08 Å². The summed E-state index contributed by atoms with van der Waals surface area (Å²) in [6.45, 7) is 3.37. The first-order valence-electron chi connectivity index (χ1n) is 21.7. The summed E-state index contributed by atoms with van der Waals surface area (Å²) in [7, 11) is 0. The first kappa shape index (κ1) is 50.6. The van der Waals surface area contributed by atoms with Gasteiger partial charge in [-0.2, -0.15) is 0 Å². The zero-order valence-corrected chi connectivity index (χ0v) is 34.0. The lowest BCUT2D eigenvalue weighted by molar-refractivity contribution is -0.303. The highest BCUT2D eigenvalue weighted by molar-refractivity contribution is 5.81. The fraction of sp³-hybridized carbons (Fsp3) is 0.884. The quantitative estimate of drug-likeness (QED) is 0.0269. The van der Waals surface area contributed by atoms with E-state index in [1.165, 1.54) is 109 Å². The lowest BCUT2D eigenvalue weighted by atomic mass is 9.98. The molecular formula is C43H81NO10. The van der Waals surface area contributed by atoms with Crippen LogP contribution in [0.4, 0.5) is 0 Å². The van der Waals surface area contributed by atoms with Crippen LogP contribution in [0.3, 0.4) is 0 Å². The number of carbonyl (C=O) groups excluding carboxylic acids is 1. The molecule has 8 N–H and O–H groups in total. The van der Waals surface area contributed by atoms with Crippen molar-refractivity contribution in [2.24, 2.45) is 0 Å². The molecule has 54 heavy (non-hydrogen) atoms. The van der Waals surface area contributed by atoms with Gasteiger partial charge in [-0.1, -0.05) is 167 Å². The maximum atomic E-state index is 13.0. The monoisotopic (exact) mass is 772 g/mol. The van der Waals surface area contributed by atoms with Gasteiger partial charge >= 0.3 is 0 Å². The van der Waals surface area contributed by atoms with Gasteiger partial charge in [0, 0.05) is 6.42 Å². The molecule has 1 heterocycles. The molecule has 0 aliphatic carbocycles. The molecule has 0 saturated carbocycles. The largest absolute Gasteiger partial charge is 0.394 e. The predicted molar refractivity (Wildman–Crippen MR) is 215 cm³/mol. The van der Waals surface area contributed by atoms with Crippen LogP contribution in [0.2, 0.25) is 0 Å². The van der Waals surface area contributed by atoms with Crippen LogP contribution in [0.1, 0.15) is 174 Å². The Morgan fingerprint density at radius 2 is 1.17 bits per heavy atom. The normalized spacial score (nSPS) is 22.9. The number of aliphatic hydroxyl groups is 7. The SMILES string of the molecule is CCCCCCCC/C=C\C/C=C\CC(O)C(=O)NC(COC1OC(CO)C(O)C(O)C1O)C(O)C(O)CCCCCCCCCCCCCCCCC. The maximum Gasteiger partial charge on any atom is 0.249 e. The minimum atomic E-state index is -1.67. The Kier molecular flexibility index (Phi) is 31.6. The van der Waals surface area contributed by atoms with Crippen LogP contribution in [0.25, 0.3) is 0 Å². The number of unbranched alkanes of at least 4 members (excludes halogenated alkanes) is 20. The Balaban J connectivity index is 2.54. The zero-order chi connectivity index (χ0) is 39.8. The number of nitrogens with one attached hydrogen (secondary N) is 1. The minimum absolute atomic E-state index is 0.0508. The van der Waals surface area contributed by atoms with Crippen LogP contribution in [0, 0.1) is 0 Å². The van der Waals surface area contributed by atoms with E-state index in [-0.39, 0.29) is 6.42 Å². The molecule has 0 aromatic heterocycles. The van der Waals surface area contributed by atoms with Crippen molar-refractivity contribution in [1.82, 2.24) is 5.32 Å². The number of carbonyl (C=O) groups is 1. The second-order valence-electron chi connectivity index (χ2n) is 15.4. The second-order valence-corrected chi connectivity index (χ2v) is 15.4. The highest BCUT2D eigenvalue weighted by Crippen LogP contribution is 2.23. The van der Waals surface area contributed by atoms with Crippen LogP contribution in [0.5, 0.6) is 0 Å². The standard InChI is InChI=1S/C43H81NO10/c1-3-5-7-9-11-13-15-17-18-19-21-22-24-26-28-30-35(46)38(48)34(33-53-43-41(51)40(50)39(49)37(32-45)54-43)44-42(52)36(47)31-29-27-25-23-20-16-14-12-10-8-6-4-2/h20,23,27,29,34-41,43,45-51H,3-19,21-22,24-26,28,30-33H2,1-2H3,(H,44,52)/b23-20-,29-27-. The summed E-state index contributed by atoms with van der Waals surface area (Å²) < 4.78 is 11.0. The summed E-state index contributed by atoms with van der Waals surface area (Å²) in [4.78, 5) is 13.0. The van der Waals surface area contributed by atoms with Crippen molar-refractivity contribution >= 4 is 5.91 Å². The average Bonchev–Trinajstić information content (AvgIpc) is 3.17. The fourth-order valence-electron chi connectivity index (χ4n) is 6.84. The molecule has 1 rings (SSSR count). The number of aliphatic hydroxyl groups excluding tert-OH is 7. The Bertz CT molecular complexity index is 934. The molecule has 0 radical (unpaired) electrons. The van der Waals surface area contributed by atoms with Gasteiger partial charge in [0.15, 0.2) is 6.29 Å².